The fourth-order valence-corrected chi connectivity index (χ4v) is 2.87. The summed E-state index contributed by atoms with van der Waals surface area (Å²) < 4.78 is 11.2. The molecule has 94 valence electrons. The first-order valence-corrected chi connectivity index (χ1v) is 6.14. The predicted octanol–water partition coefficient (Wildman–Crippen LogP) is 1.66. The molecule has 0 fully saturated rings. The average molecular weight is 245 g/mol. The second-order valence-corrected chi connectivity index (χ2v) is 5.23. The van der Waals surface area contributed by atoms with Crippen LogP contribution >= 0.6 is 0 Å². The molecule has 0 saturated carbocycles. The van der Waals surface area contributed by atoms with Crippen molar-refractivity contribution >= 4 is 0 Å². The molecule has 0 unspecified atom stereocenters. The predicted molar refractivity (Wildman–Crippen MR) is 64.8 cm³/mol. The maximum Gasteiger partial charge on any atom is 0.141 e. The highest BCUT2D eigenvalue weighted by molar-refractivity contribution is 5.66. The van der Waals surface area contributed by atoms with Gasteiger partial charge in [0.25, 0.3) is 0 Å². The van der Waals surface area contributed by atoms with E-state index in [1.807, 2.05) is 0 Å². The minimum absolute atomic E-state index is 0.565. The fraction of sp³-hybridized carbons (Fsp3) is 0.500. The Kier molecular flexibility index (Phi) is 2.29. The van der Waals surface area contributed by atoms with Crippen molar-refractivity contribution in [2.75, 3.05) is 13.2 Å². The summed E-state index contributed by atoms with van der Waals surface area (Å²) in [5.74, 6) is 1.35. The Bertz CT molecular complexity index is 529. The van der Waals surface area contributed by atoms with Gasteiger partial charge < -0.3 is 14.6 Å². The van der Waals surface area contributed by atoms with Crippen LogP contribution in [-0.2, 0) is 18.4 Å². The second kappa shape index (κ2) is 3.63. The molecule has 3 rings (SSSR count). The topological polar surface area (TPSA) is 62.5 Å². The molecular formula is C14H15NO3. The van der Waals surface area contributed by atoms with Gasteiger partial charge >= 0.3 is 0 Å². The molecule has 18 heavy (non-hydrogen) atoms. The van der Waals surface area contributed by atoms with Crippen LogP contribution < -0.4 is 9.47 Å². The van der Waals surface area contributed by atoms with Crippen LogP contribution in [0, 0.1) is 11.3 Å². The third-order valence-corrected chi connectivity index (χ3v) is 3.53. The number of rotatable bonds is 1. The number of nitriles is 1. The van der Waals surface area contributed by atoms with Crippen molar-refractivity contribution < 1.29 is 14.6 Å². The third kappa shape index (κ3) is 1.41. The molecule has 4 nitrogen and oxygen atoms in total. The zero-order valence-electron chi connectivity index (χ0n) is 10.5. The molecule has 0 amide bonds. The summed E-state index contributed by atoms with van der Waals surface area (Å²) in [4.78, 5) is 0. The Morgan fingerprint density at radius 1 is 1.11 bits per heavy atom. The van der Waals surface area contributed by atoms with Gasteiger partial charge in [-0.15, -0.1) is 0 Å². The van der Waals surface area contributed by atoms with Crippen molar-refractivity contribution in [3.63, 3.8) is 0 Å². The molecule has 0 atom stereocenters. The van der Waals surface area contributed by atoms with Gasteiger partial charge in [-0.1, -0.05) is 0 Å². The van der Waals surface area contributed by atoms with E-state index in [1.165, 1.54) is 0 Å². The number of nitrogens with zero attached hydrogens (tertiary/aromatic N) is 1. The van der Waals surface area contributed by atoms with E-state index in [0.717, 1.165) is 23.1 Å². The molecule has 0 aliphatic carbocycles. The van der Waals surface area contributed by atoms with E-state index in [4.69, 9.17) is 9.47 Å². The Hall–Kier alpha value is -1.73. The van der Waals surface area contributed by atoms with Crippen molar-refractivity contribution in [1.29, 1.82) is 5.26 Å². The SMILES string of the molecule is CC(C)(O)c1c2c(c(C#N)c3c1OCC3)OCC2. The molecule has 4 heteroatoms. The number of benzene rings is 1. The molecule has 1 aromatic rings. The van der Waals surface area contributed by atoms with Crippen LogP contribution in [0.3, 0.4) is 0 Å². The number of hydrogen-bond acceptors (Lipinski definition) is 4. The molecule has 2 aliphatic heterocycles. The van der Waals surface area contributed by atoms with E-state index in [9.17, 15) is 10.4 Å². The number of fused-ring (bicyclic) bond motifs is 2. The van der Waals surface area contributed by atoms with Gasteiger partial charge in [-0.2, -0.15) is 5.26 Å². The van der Waals surface area contributed by atoms with E-state index < -0.39 is 5.60 Å². The van der Waals surface area contributed by atoms with Crippen molar-refractivity contribution in [3.05, 3.63) is 22.3 Å². The summed E-state index contributed by atoms with van der Waals surface area (Å²) in [6.07, 6.45) is 1.43. The molecular weight excluding hydrogens is 230 g/mol. The Balaban J connectivity index is 2.38. The van der Waals surface area contributed by atoms with Crippen LogP contribution in [-0.4, -0.2) is 18.3 Å². The molecule has 1 N–H and O–H groups in total. The maximum atomic E-state index is 10.4. The number of hydrogen-bond donors (Lipinski definition) is 1. The van der Waals surface area contributed by atoms with Gasteiger partial charge in [0.05, 0.1) is 18.8 Å². The second-order valence-electron chi connectivity index (χ2n) is 5.23. The van der Waals surface area contributed by atoms with E-state index in [-0.39, 0.29) is 0 Å². The molecule has 0 spiro atoms. The van der Waals surface area contributed by atoms with E-state index in [2.05, 4.69) is 6.07 Å². The lowest BCUT2D eigenvalue weighted by molar-refractivity contribution is 0.0746. The summed E-state index contributed by atoms with van der Waals surface area (Å²) >= 11 is 0. The van der Waals surface area contributed by atoms with Crippen molar-refractivity contribution in [1.82, 2.24) is 0 Å². The largest absolute Gasteiger partial charge is 0.492 e. The highest BCUT2D eigenvalue weighted by atomic mass is 16.5. The summed E-state index contributed by atoms with van der Waals surface area (Å²) in [5.41, 5.74) is 2.21. The van der Waals surface area contributed by atoms with Crippen LogP contribution in [0.1, 0.15) is 36.1 Å². The lowest BCUT2D eigenvalue weighted by atomic mass is 9.86. The van der Waals surface area contributed by atoms with Crippen molar-refractivity contribution in [2.45, 2.75) is 32.3 Å². The normalized spacial score (nSPS) is 16.6. The lowest BCUT2D eigenvalue weighted by Gasteiger charge is -2.24. The van der Waals surface area contributed by atoms with Crippen LogP contribution in [0.25, 0.3) is 0 Å². The Labute approximate surface area is 106 Å². The van der Waals surface area contributed by atoms with E-state index in [1.54, 1.807) is 13.8 Å². The monoisotopic (exact) mass is 245 g/mol. The van der Waals surface area contributed by atoms with Crippen LogP contribution in [0.4, 0.5) is 0 Å². The van der Waals surface area contributed by atoms with Gasteiger partial charge in [0.15, 0.2) is 0 Å². The minimum Gasteiger partial charge on any atom is -0.492 e. The summed E-state index contributed by atoms with van der Waals surface area (Å²) in [6.45, 7) is 4.62. The molecule has 0 saturated heterocycles. The molecule has 1 aromatic carbocycles. The van der Waals surface area contributed by atoms with Crippen LogP contribution in [0.5, 0.6) is 11.5 Å². The van der Waals surface area contributed by atoms with Gasteiger partial charge in [0.2, 0.25) is 0 Å². The van der Waals surface area contributed by atoms with Crippen molar-refractivity contribution in [2.24, 2.45) is 0 Å². The van der Waals surface area contributed by atoms with Gasteiger partial charge in [-0.05, 0) is 13.8 Å². The third-order valence-electron chi connectivity index (χ3n) is 3.53. The number of aliphatic hydroxyl groups is 1. The van der Waals surface area contributed by atoms with Gasteiger partial charge in [-0.25, -0.2) is 0 Å². The first kappa shape index (κ1) is 11.4. The smallest absolute Gasteiger partial charge is 0.141 e. The summed E-state index contributed by atoms with van der Waals surface area (Å²) in [6, 6.07) is 2.22. The molecule has 0 bridgehead atoms. The van der Waals surface area contributed by atoms with Crippen LogP contribution in [0.15, 0.2) is 0 Å². The first-order chi connectivity index (χ1) is 8.54. The highest BCUT2D eigenvalue weighted by Crippen LogP contribution is 2.47. The molecule has 2 aliphatic rings. The van der Waals surface area contributed by atoms with E-state index in [0.29, 0.717) is 36.7 Å². The summed E-state index contributed by atoms with van der Waals surface area (Å²) in [5, 5.41) is 19.7. The fourth-order valence-electron chi connectivity index (χ4n) is 2.87. The Morgan fingerprint density at radius 2 is 1.72 bits per heavy atom. The van der Waals surface area contributed by atoms with Gasteiger partial charge in [-0.3, -0.25) is 0 Å². The lowest BCUT2D eigenvalue weighted by Crippen LogP contribution is -2.19. The zero-order chi connectivity index (χ0) is 12.9. The minimum atomic E-state index is -0.986. The standard InChI is InChI=1S/C14H15NO3/c1-14(2,16)11-9-4-6-17-12(9)10(7-15)8-3-5-18-13(8)11/h16H,3-6H2,1-2H3. The van der Waals surface area contributed by atoms with Gasteiger partial charge in [0, 0.05) is 29.5 Å². The van der Waals surface area contributed by atoms with Gasteiger partial charge in [0.1, 0.15) is 23.1 Å². The first-order valence-electron chi connectivity index (χ1n) is 6.14. The summed E-state index contributed by atoms with van der Waals surface area (Å²) in [7, 11) is 0. The molecule has 0 radical (unpaired) electrons. The quantitative estimate of drug-likeness (QED) is 0.817. The Morgan fingerprint density at radius 3 is 2.33 bits per heavy atom. The number of ether oxygens (including phenoxy) is 2. The highest BCUT2D eigenvalue weighted by Gasteiger charge is 2.36. The zero-order valence-corrected chi connectivity index (χ0v) is 10.5. The average Bonchev–Trinajstić information content (AvgIpc) is 2.90. The van der Waals surface area contributed by atoms with E-state index >= 15 is 0 Å². The van der Waals surface area contributed by atoms with Crippen LogP contribution in [0.2, 0.25) is 0 Å². The maximum absolute atomic E-state index is 10.4. The van der Waals surface area contributed by atoms with Crippen molar-refractivity contribution in [3.8, 4) is 17.6 Å². The molecule has 2 heterocycles. The molecule has 0 aromatic heterocycles.